The van der Waals surface area contributed by atoms with Crippen LogP contribution in [-0.4, -0.2) is 16.6 Å². The van der Waals surface area contributed by atoms with Crippen LogP contribution in [-0.2, 0) is 0 Å². The molecule has 0 N–H and O–H groups in total. The van der Waals surface area contributed by atoms with E-state index in [1.165, 1.54) is 0 Å². The third-order valence-electron chi connectivity index (χ3n) is 1.71. The average molecular weight is 322 g/mol. The van der Waals surface area contributed by atoms with Crippen molar-refractivity contribution in [3.63, 3.8) is 0 Å². The minimum atomic E-state index is -0.294. The zero-order chi connectivity index (χ0) is 10.1. The molecule has 0 fully saturated rings. The van der Waals surface area contributed by atoms with E-state index in [1.807, 2.05) is 18.2 Å². The summed E-state index contributed by atoms with van der Waals surface area (Å²) >= 11 is 7.56. The van der Waals surface area contributed by atoms with Gasteiger partial charge in [0.1, 0.15) is 5.52 Å². The van der Waals surface area contributed by atoms with Gasteiger partial charge in [-0.05, 0) is 40.8 Å². The van der Waals surface area contributed by atoms with Crippen LogP contribution in [0.2, 0.25) is 0 Å². The number of hydrogen-bond donors (Lipinski definition) is 0. The molecule has 0 saturated heterocycles. The molecule has 0 radical (unpaired) electrons. The molecule has 0 amide bonds. The largest absolute Gasteiger partial charge is 0.434 e. The zero-order valence-electron chi connectivity index (χ0n) is 6.96. The van der Waals surface area contributed by atoms with Crippen LogP contribution in [0.1, 0.15) is 10.7 Å². The van der Waals surface area contributed by atoms with Gasteiger partial charge < -0.3 is 4.42 Å². The minimum Gasteiger partial charge on any atom is -0.434 e. The second-order valence-corrected chi connectivity index (χ2v) is 4.20. The highest BCUT2D eigenvalue weighted by Gasteiger charge is 2.12. The van der Waals surface area contributed by atoms with Crippen LogP contribution in [0.25, 0.3) is 11.1 Å². The van der Waals surface area contributed by atoms with Gasteiger partial charge in [-0.2, -0.15) is 0 Å². The summed E-state index contributed by atoms with van der Waals surface area (Å²) in [6.07, 6.45) is 0. The number of rotatable bonds is 2. The SMILES string of the molecule is O=C(CCl)c1nc2ccc(I)cc2o1. The van der Waals surface area contributed by atoms with Gasteiger partial charge in [-0.25, -0.2) is 4.98 Å². The van der Waals surface area contributed by atoms with Crippen molar-refractivity contribution in [2.75, 3.05) is 5.88 Å². The van der Waals surface area contributed by atoms with E-state index in [-0.39, 0.29) is 17.6 Å². The van der Waals surface area contributed by atoms with Crippen molar-refractivity contribution in [2.24, 2.45) is 0 Å². The molecule has 5 heteroatoms. The van der Waals surface area contributed by atoms with E-state index in [9.17, 15) is 4.79 Å². The summed E-state index contributed by atoms with van der Waals surface area (Å²) in [4.78, 5) is 15.2. The molecular weight excluding hydrogens is 316 g/mol. The number of aromatic nitrogens is 1. The van der Waals surface area contributed by atoms with Gasteiger partial charge in [0.05, 0.1) is 5.88 Å². The van der Waals surface area contributed by atoms with E-state index >= 15 is 0 Å². The molecule has 1 aromatic carbocycles. The number of carbonyl (C=O) groups is 1. The van der Waals surface area contributed by atoms with Gasteiger partial charge in [0, 0.05) is 3.57 Å². The van der Waals surface area contributed by atoms with Gasteiger partial charge in [0.15, 0.2) is 5.58 Å². The maximum atomic E-state index is 11.2. The molecular formula is C9H5ClINO2. The Hall–Kier alpha value is -0.620. The standard InChI is InChI=1S/C9H5ClINO2/c10-4-7(13)9-12-6-2-1-5(11)3-8(6)14-9/h1-3H,4H2. The first kappa shape index (κ1) is 9.92. The number of halogens is 2. The van der Waals surface area contributed by atoms with Crippen LogP contribution in [0.5, 0.6) is 0 Å². The number of Topliss-reactive ketones (excluding diaryl/α,β-unsaturated/α-hetero) is 1. The average Bonchev–Trinajstić information content (AvgIpc) is 2.59. The molecule has 0 aliphatic heterocycles. The lowest BCUT2D eigenvalue weighted by Gasteiger charge is -1.86. The van der Waals surface area contributed by atoms with Crippen LogP contribution < -0.4 is 0 Å². The van der Waals surface area contributed by atoms with Gasteiger partial charge in [-0.15, -0.1) is 11.6 Å². The molecule has 1 aromatic heterocycles. The molecule has 2 aromatic rings. The Bertz CT molecular complexity index is 495. The Balaban J connectivity index is 2.56. The fraction of sp³-hybridized carbons (Fsp3) is 0.111. The lowest BCUT2D eigenvalue weighted by atomic mass is 10.3. The Morgan fingerprint density at radius 1 is 1.57 bits per heavy atom. The van der Waals surface area contributed by atoms with E-state index in [0.717, 1.165) is 3.57 Å². The number of oxazole rings is 1. The molecule has 0 saturated carbocycles. The first-order valence-corrected chi connectivity index (χ1v) is 5.47. The van der Waals surface area contributed by atoms with Crippen molar-refractivity contribution in [2.45, 2.75) is 0 Å². The van der Waals surface area contributed by atoms with Crippen LogP contribution in [0.3, 0.4) is 0 Å². The predicted octanol–water partition coefficient (Wildman–Crippen LogP) is 2.85. The highest BCUT2D eigenvalue weighted by molar-refractivity contribution is 14.1. The second-order valence-electron chi connectivity index (χ2n) is 2.69. The quantitative estimate of drug-likeness (QED) is 0.485. The monoisotopic (exact) mass is 321 g/mol. The summed E-state index contributed by atoms with van der Waals surface area (Å²) in [5.41, 5.74) is 1.30. The first-order chi connectivity index (χ1) is 6.70. The van der Waals surface area contributed by atoms with Crippen molar-refractivity contribution >= 4 is 51.1 Å². The van der Waals surface area contributed by atoms with Crippen molar-refractivity contribution in [1.29, 1.82) is 0 Å². The van der Waals surface area contributed by atoms with E-state index < -0.39 is 0 Å². The number of carbonyl (C=O) groups excluding carboxylic acids is 1. The van der Waals surface area contributed by atoms with E-state index in [2.05, 4.69) is 27.6 Å². The first-order valence-electron chi connectivity index (χ1n) is 3.86. The van der Waals surface area contributed by atoms with Gasteiger partial charge in [0.25, 0.3) is 5.89 Å². The summed E-state index contributed by atoms with van der Waals surface area (Å²) in [6.45, 7) is 0. The number of benzene rings is 1. The highest BCUT2D eigenvalue weighted by atomic mass is 127. The predicted molar refractivity (Wildman–Crippen MR) is 61.8 cm³/mol. The van der Waals surface area contributed by atoms with Crippen molar-refractivity contribution < 1.29 is 9.21 Å². The summed E-state index contributed by atoms with van der Waals surface area (Å²) in [5, 5.41) is 0. The lowest BCUT2D eigenvalue weighted by Crippen LogP contribution is -1.99. The number of hydrogen-bond acceptors (Lipinski definition) is 3. The van der Waals surface area contributed by atoms with Crippen LogP contribution >= 0.6 is 34.2 Å². The van der Waals surface area contributed by atoms with Crippen molar-refractivity contribution in [3.8, 4) is 0 Å². The topological polar surface area (TPSA) is 43.1 Å². The van der Waals surface area contributed by atoms with Crippen LogP contribution in [0.4, 0.5) is 0 Å². The van der Waals surface area contributed by atoms with Gasteiger partial charge in [-0.3, -0.25) is 4.79 Å². The van der Waals surface area contributed by atoms with Gasteiger partial charge >= 0.3 is 0 Å². The smallest absolute Gasteiger partial charge is 0.265 e. The molecule has 0 spiro atoms. The van der Waals surface area contributed by atoms with Crippen molar-refractivity contribution in [3.05, 3.63) is 27.7 Å². The summed E-state index contributed by atoms with van der Waals surface area (Å²) in [5.74, 6) is -0.320. The third kappa shape index (κ3) is 1.76. The van der Waals surface area contributed by atoms with Crippen LogP contribution in [0.15, 0.2) is 22.6 Å². The molecule has 2 rings (SSSR count). The highest BCUT2D eigenvalue weighted by Crippen LogP contribution is 2.18. The Morgan fingerprint density at radius 2 is 2.36 bits per heavy atom. The molecule has 0 atom stereocenters. The van der Waals surface area contributed by atoms with Gasteiger partial charge in [-0.1, -0.05) is 0 Å². The third-order valence-corrected chi connectivity index (χ3v) is 2.62. The van der Waals surface area contributed by atoms with E-state index in [4.69, 9.17) is 16.0 Å². The fourth-order valence-electron chi connectivity index (χ4n) is 1.07. The molecule has 72 valence electrons. The molecule has 0 aliphatic carbocycles. The molecule has 14 heavy (non-hydrogen) atoms. The zero-order valence-corrected chi connectivity index (χ0v) is 9.87. The molecule has 3 nitrogen and oxygen atoms in total. The second kappa shape index (κ2) is 3.86. The summed E-state index contributed by atoms with van der Waals surface area (Å²) < 4.78 is 6.29. The maximum absolute atomic E-state index is 11.2. The number of nitrogens with zero attached hydrogens (tertiary/aromatic N) is 1. The summed E-state index contributed by atoms with van der Waals surface area (Å²) in [7, 11) is 0. The van der Waals surface area contributed by atoms with E-state index in [0.29, 0.717) is 11.1 Å². The number of alkyl halides is 1. The lowest BCUT2D eigenvalue weighted by molar-refractivity contribution is 0.0986. The maximum Gasteiger partial charge on any atom is 0.265 e. The Labute approximate surface area is 98.6 Å². The van der Waals surface area contributed by atoms with Crippen LogP contribution in [0, 0.1) is 3.57 Å². The molecule has 0 unspecified atom stereocenters. The Morgan fingerprint density at radius 3 is 3.07 bits per heavy atom. The normalized spacial score (nSPS) is 10.7. The van der Waals surface area contributed by atoms with Crippen molar-refractivity contribution in [1.82, 2.24) is 4.98 Å². The number of fused-ring (bicyclic) bond motifs is 1. The molecule has 0 bridgehead atoms. The summed E-state index contributed by atoms with van der Waals surface area (Å²) in [6, 6.07) is 5.54. The van der Waals surface area contributed by atoms with E-state index in [1.54, 1.807) is 0 Å². The number of ketones is 1. The Kier molecular flexibility index (Phi) is 2.73. The van der Waals surface area contributed by atoms with Gasteiger partial charge in [0.2, 0.25) is 5.78 Å². The fourth-order valence-corrected chi connectivity index (χ4v) is 1.65. The molecule has 1 heterocycles. The minimum absolute atomic E-state index is 0.0806. The molecule has 0 aliphatic rings.